The lowest BCUT2D eigenvalue weighted by atomic mass is 10.2. The SMILES string of the molecule is O=[N+]([O-])c1c(Cl)c([N+](=O)[O-])c2c(no[n+]2[O-])c1Cl. The van der Waals surface area contributed by atoms with Gasteiger partial charge in [-0.15, -0.1) is 0 Å². The summed E-state index contributed by atoms with van der Waals surface area (Å²) in [5.74, 6) is 0. The van der Waals surface area contributed by atoms with Gasteiger partial charge in [-0.05, 0) is 4.90 Å². The number of rotatable bonds is 2. The Labute approximate surface area is 106 Å². The number of benzene rings is 1. The Bertz CT molecular complexity index is 697. The van der Waals surface area contributed by atoms with Gasteiger partial charge in [0.2, 0.25) is 5.02 Å². The zero-order valence-corrected chi connectivity index (χ0v) is 9.51. The van der Waals surface area contributed by atoms with E-state index in [1.807, 2.05) is 0 Å². The molecule has 12 heteroatoms. The van der Waals surface area contributed by atoms with Crippen molar-refractivity contribution in [2.45, 2.75) is 0 Å². The lowest BCUT2D eigenvalue weighted by Crippen LogP contribution is -2.23. The Morgan fingerprint density at radius 3 is 2.17 bits per heavy atom. The van der Waals surface area contributed by atoms with Crippen molar-refractivity contribution in [2.75, 3.05) is 0 Å². The van der Waals surface area contributed by atoms with Gasteiger partial charge in [-0.1, -0.05) is 23.2 Å². The van der Waals surface area contributed by atoms with E-state index in [4.69, 9.17) is 23.2 Å². The van der Waals surface area contributed by atoms with Crippen molar-refractivity contribution < 1.29 is 19.4 Å². The molecule has 0 bridgehead atoms. The van der Waals surface area contributed by atoms with E-state index >= 15 is 0 Å². The fourth-order valence-electron chi connectivity index (χ4n) is 1.34. The molecule has 0 fully saturated rings. The summed E-state index contributed by atoms with van der Waals surface area (Å²) in [6.45, 7) is 0. The second kappa shape index (κ2) is 3.92. The van der Waals surface area contributed by atoms with Gasteiger partial charge in [-0.2, -0.15) is 0 Å². The number of nitro benzene ring substituents is 2. The summed E-state index contributed by atoms with van der Waals surface area (Å²) in [6.07, 6.45) is 0. The van der Waals surface area contributed by atoms with Gasteiger partial charge in [0.15, 0.2) is 5.02 Å². The highest BCUT2D eigenvalue weighted by molar-refractivity contribution is 6.43. The van der Waals surface area contributed by atoms with E-state index in [0.29, 0.717) is 0 Å². The molecule has 1 aromatic carbocycles. The van der Waals surface area contributed by atoms with Crippen LogP contribution in [0.4, 0.5) is 11.4 Å². The first kappa shape index (κ1) is 12.3. The van der Waals surface area contributed by atoms with Crippen LogP contribution in [0.25, 0.3) is 11.0 Å². The van der Waals surface area contributed by atoms with Crippen LogP contribution in [0.2, 0.25) is 10.0 Å². The Hall–Kier alpha value is -2.20. The number of fused-ring (bicyclic) bond motifs is 1. The molecule has 1 aromatic heterocycles. The van der Waals surface area contributed by atoms with Crippen molar-refractivity contribution in [3.8, 4) is 0 Å². The molecule has 0 radical (unpaired) electrons. The van der Waals surface area contributed by atoms with Gasteiger partial charge in [0.05, 0.1) is 9.85 Å². The monoisotopic (exact) mass is 294 g/mol. The highest BCUT2D eigenvalue weighted by atomic mass is 35.5. The van der Waals surface area contributed by atoms with Gasteiger partial charge in [0.1, 0.15) is 0 Å². The lowest BCUT2D eigenvalue weighted by molar-refractivity contribution is -0.783. The van der Waals surface area contributed by atoms with Crippen LogP contribution in [0.1, 0.15) is 0 Å². The third-order valence-electron chi connectivity index (χ3n) is 2.03. The van der Waals surface area contributed by atoms with Crippen molar-refractivity contribution in [1.82, 2.24) is 5.16 Å². The average molecular weight is 295 g/mol. The zero-order chi connectivity index (χ0) is 13.6. The van der Waals surface area contributed by atoms with Crippen molar-refractivity contribution in [3.63, 3.8) is 0 Å². The molecule has 2 rings (SSSR count). The summed E-state index contributed by atoms with van der Waals surface area (Å²) >= 11 is 11.1. The first-order chi connectivity index (χ1) is 8.36. The highest BCUT2D eigenvalue weighted by Gasteiger charge is 2.39. The van der Waals surface area contributed by atoms with Gasteiger partial charge in [0.25, 0.3) is 5.52 Å². The predicted octanol–water partition coefficient (Wildman–Crippen LogP) is 1.58. The summed E-state index contributed by atoms with van der Waals surface area (Å²) in [6, 6.07) is 0. The van der Waals surface area contributed by atoms with Gasteiger partial charge in [-0.3, -0.25) is 24.9 Å². The molecule has 0 aliphatic rings. The quantitative estimate of drug-likeness (QED) is 0.465. The normalized spacial score (nSPS) is 10.8. The van der Waals surface area contributed by atoms with Crippen LogP contribution in [0.15, 0.2) is 4.63 Å². The third kappa shape index (κ3) is 1.50. The van der Waals surface area contributed by atoms with Crippen LogP contribution in [0.3, 0.4) is 0 Å². The number of hydrogen-bond donors (Lipinski definition) is 0. The molecule has 94 valence electrons. The number of nitrogens with zero attached hydrogens (tertiary/aromatic N) is 4. The van der Waals surface area contributed by atoms with Gasteiger partial charge in [-0.25, -0.2) is 0 Å². The number of halogens is 2. The van der Waals surface area contributed by atoms with Crippen LogP contribution in [-0.2, 0) is 0 Å². The van der Waals surface area contributed by atoms with Gasteiger partial charge >= 0.3 is 16.9 Å². The molecule has 10 nitrogen and oxygen atoms in total. The molecule has 0 atom stereocenters. The fraction of sp³-hybridized carbons (Fsp3) is 0. The molecule has 0 saturated heterocycles. The molecule has 0 saturated carbocycles. The number of nitro groups is 2. The van der Waals surface area contributed by atoms with E-state index in [-0.39, 0.29) is 4.90 Å². The molecule has 2 aromatic rings. The van der Waals surface area contributed by atoms with E-state index in [1.165, 1.54) is 0 Å². The second-order valence-corrected chi connectivity index (χ2v) is 3.72. The highest BCUT2D eigenvalue weighted by Crippen LogP contribution is 2.44. The smallest absolute Gasteiger partial charge is 0.350 e. The maximum absolute atomic E-state index is 11.2. The van der Waals surface area contributed by atoms with E-state index in [0.717, 1.165) is 0 Å². The maximum Gasteiger partial charge on any atom is 0.350 e. The van der Waals surface area contributed by atoms with Crippen LogP contribution in [-0.4, -0.2) is 15.0 Å². The molecule has 0 N–H and O–H groups in total. The summed E-state index contributed by atoms with van der Waals surface area (Å²) < 4.78 is 4.12. The predicted molar refractivity (Wildman–Crippen MR) is 56.3 cm³/mol. The Kier molecular flexibility index (Phi) is 2.67. The fourth-order valence-corrected chi connectivity index (χ4v) is 2.00. The summed E-state index contributed by atoms with van der Waals surface area (Å²) in [5.41, 5.74) is -3.08. The van der Waals surface area contributed by atoms with Crippen LogP contribution < -0.4 is 4.90 Å². The largest absolute Gasteiger partial charge is 0.359 e. The lowest BCUT2D eigenvalue weighted by Gasteiger charge is -1.98. The van der Waals surface area contributed by atoms with Crippen molar-refractivity contribution in [2.24, 2.45) is 0 Å². The Balaban J connectivity index is 3.08. The van der Waals surface area contributed by atoms with E-state index in [9.17, 15) is 25.4 Å². The molecule has 18 heavy (non-hydrogen) atoms. The zero-order valence-electron chi connectivity index (χ0n) is 7.99. The second-order valence-electron chi connectivity index (χ2n) is 2.97. The molecule has 0 aliphatic carbocycles. The van der Waals surface area contributed by atoms with Gasteiger partial charge < -0.3 is 5.21 Å². The van der Waals surface area contributed by atoms with Crippen LogP contribution in [0, 0.1) is 25.4 Å². The first-order valence-electron chi connectivity index (χ1n) is 4.05. The number of aromatic nitrogens is 2. The van der Waals surface area contributed by atoms with Crippen LogP contribution in [0.5, 0.6) is 0 Å². The third-order valence-corrected chi connectivity index (χ3v) is 2.75. The maximum atomic E-state index is 11.2. The molecule has 0 aliphatic heterocycles. The molecule has 0 amide bonds. The van der Waals surface area contributed by atoms with E-state index in [1.54, 1.807) is 0 Å². The molecule has 0 unspecified atom stereocenters. The van der Waals surface area contributed by atoms with Crippen molar-refractivity contribution in [1.29, 1.82) is 0 Å². The minimum atomic E-state index is -1.06. The summed E-state index contributed by atoms with van der Waals surface area (Å²) in [5, 5.41) is 34.4. The minimum Gasteiger partial charge on any atom is -0.359 e. The van der Waals surface area contributed by atoms with Crippen molar-refractivity contribution >= 4 is 45.6 Å². The van der Waals surface area contributed by atoms with Crippen molar-refractivity contribution in [3.05, 3.63) is 35.5 Å². The molecule has 0 spiro atoms. The summed E-state index contributed by atoms with van der Waals surface area (Å²) in [4.78, 5) is 19.2. The van der Waals surface area contributed by atoms with E-state index < -0.39 is 42.3 Å². The molecular formula is C6Cl2N4O6. The van der Waals surface area contributed by atoms with E-state index in [2.05, 4.69) is 9.79 Å². The van der Waals surface area contributed by atoms with Crippen LogP contribution >= 0.6 is 23.2 Å². The molecule has 1 heterocycles. The van der Waals surface area contributed by atoms with Gasteiger partial charge in [0, 0.05) is 5.16 Å². The standard InChI is InChI=1S/C6Cl2N4O6/c7-1-3-6(12(17)18-9-3)5(11(15)16)2(8)4(1)10(13)14. The molecular weight excluding hydrogens is 295 g/mol. The minimum absolute atomic E-state index is 0.297. The Morgan fingerprint density at radius 2 is 1.67 bits per heavy atom. The Morgan fingerprint density at radius 1 is 1.11 bits per heavy atom. The first-order valence-corrected chi connectivity index (χ1v) is 4.81. The number of hydrogen-bond acceptors (Lipinski definition) is 7. The summed E-state index contributed by atoms with van der Waals surface area (Å²) in [7, 11) is 0. The average Bonchev–Trinajstić information content (AvgIpc) is 2.60. The topological polar surface area (TPSA) is 139 Å².